The third-order valence-corrected chi connectivity index (χ3v) is 4.77. The second-order valence-electron chi connectivity index (χ2n) is 6.91. The van der Waals surface area contributed by atoms with E-state index in [0.29, 0.717) is 12.5 Å². The van der Waals surface area contributed by atoms with E-state index < -0.39 is 0 Å². The van der Waals surface area contributed by atoms with Crippen molar-refractivity contribution in [2.24, 2.45) is 11.1 Å². The molecule has 0 heterocycles. The summed E-state index contributed by atoms with van der Waals surface area (Å²) < 4.78 is 0. The lowest BCUT2D eigenvalue weighted by atomic mass is 9.87. The van der Waals surface area contributed by atoms with Gasteiger partial charge in [-0.1, -0.05) is 57.9 Å². The van der Waals surface area contributed by atoms with Crippen molar-refractivity contribution >= 4 is 18.3 Å². The summed E-state index contributed by atoms with van der Waals surface area (Å²) in [5, 5.41) is 3.04. The lowest BCUT2D eigenvalue weighted by Crippen LogP contribution is -2.40. The number of hydrogen-bond acceptors (Lipinski definition) is 2. The van der Waals surface area contributed by atoms with Crippen LogP contribution in [0.5, 0.6) is 0 Å². The zero-order valence-corrected chi connectivity index (χ0v) is 14.7. The smallest absolute Gasteiger partial charge is 0.226 e. The van der Waals surface area contributed by atoms with Crippen LogP contribution in [0.4, 0.5) is 0 Å². The minimum absolute atomic E-state index is 0. The molecule has 1 aromatic carbocycles. The van der Waals surface area contributed by atoms with Gasteiger partial charge in [0.15, 0.2) is 0 Å². The SMILES string of the molecule is CC(C)c1ccc(C(N)CNC(=O)C2(C)CCCC2)cc1.Cl. The minimum atomic E-state index is -0.179. The summed E-state index contributed by atoms with van der Waals surface area (Å²) in [6.07, 6.45) is 4.31. The van der Waals surface area contributed by atoms with Gasteiger partial charge in [0, 0.05) is 18.0 Å². The van der Waals surface area contributed by atoms with E-state index in [1.807, 2.05) is 0 Å². The summed E-state index contributed by atoms with van der Waals surface area (Å²) in [5.41, 5.74) is 8.41. The minimum Gasteiger partial charge on any atom is -0.354 e. The molecular formula is C18H29ClN2O. The third-order valence-electron chi connectivity index (χ3n) is 4.77. The van der Waals surface area contributed by atoms with E-state index in [1.54, 1.807) is 0 Å². The predicted octanol–water partition coefficient (Wildman–Crippen LogP) is 3.93. The zero-order chi connectivity index (χ0) is 15.5. The van der Waals surface area contributed by atoms with Crippen molar-refractivity contribution in [3.63, 3.8) is 0 Å². The Morgan fingerprint density at radius 1 is 1.18 bits per heavy atom. The van der Waals surface area contributed by atoms with Crippen LogP contribution in [0.25, 0.3) is 0 Å². The van der Waals surface area contributed by atoms with Gasteiger partial charge in [0.2, 0.25) is 5.91 Å². The summed E-state index contributed by atoms with van der Waals surface area (Å²) in [4.78, 5) is 12.3. The molecule has 4 heteroatoms. The fourth-order valence-corrected chi connectivity index (χ4v) is 3.04. The van der Waals surface area contributed by atoms with Crippen molar-refractivity contribution in [2.75, 3.05) is 6.54 Å². The van der Waals surface area contributed by atoms with Crippen LogP contribution in [-0.2, 0) is 4.79 Å². The molecule has 0 spiro atoms. The molecule has 0 aliphatic heterocycles. The number of rotatable bonds is 5. The Morgan fingerprint density at radius 2 is 1.68 bits per heavy atom. The van der Waals surface area contributed by atoms with Gasteiger partial charge in [-0.2, -0.15) is 0 Å². The summed E-state index contributed by atoms with van der Waals surface area (Å²) in [6, 6.07) is 8.26. The maximum atomic E-state index is 12.3. The Labute approximate surface area is 140 Å². The maximum Gasteiger partial charge on any atom is 0.226 e. The van der Waals surface area contributed by atoms with Gasteiger partial charge in [-0.3, -0.25) is 4.79 Å². The number of nitrogens with one attached hydrogen (secondary N) is 1. The number of nitrogens with two attached hydrogens (primary N) is 1. The number of carbonyl (C=O) groups is 1. The molecule has 124 valence electrons. The highest BCUT2D eigenvalue weighted by Crippen LogP contribution is 2.37. The number of benzene rings is 1. The highest BCUT2D eigenvalue weighted by molar-refractivity contribution is 5.85. The third kappa shape index (κ3) is 4.47. The molecule has 1 amide bonds. The molecule has 2 rings (SSSR count). The van der Waals surface area contributed by atoms with E-state index in [4.69, 9.17) is 5.73 Å². The topological polar surface area (TPSA) is 55.1 Å². The van der Waals surface area contributed by atoms with Gasteiger partial charge in [0.05, 0.1) is 0 Å². The van der Waals surface area contributed by atoms with Gasteiger partial charge in [0.1, 0.15) is 0 Å². The second kappa shape index (κ2) is 7.98. The van der Waals surface area contributed by atoms with Crippen LogP contribution in [0.1, 0.15) is 69.5 Å². The molecule has 0 radical (unpaired) electrons. The van der Waals surface area contributed by atoms with Crippen LogP contribution in [0.15, 0.2) is 24.3 Å². The Morgan fingerprint density at radius 3 is 2.18 bits per heavy atom. The van der Waals surface area contributed by atoms with E-state index >= 15 is 0 Å². The highest BCUT2D eigenvalue weighted by Gasteiger charge is 2.36. The Hall–Kier alpha value is -1.06. The molecule has 0 aromatic heterocycles. The van der Waals surface area contributed by atoms with Crippen molar-refractivity contribution in [3.05, 3.63) is 35.4 Å². The standard InChI is InChI=1S/C18H28N2O.ClH/c1-13(2)14-6-8-15(9-7-14)16(19)12-20-17(21)18(3)10-4-5-11-18;/h6-9,13,16H,4-5,10-12,19H2,1-3H3,(H,20,21);1H. The van der Waals surface area contributed by atoms with Gasteiger partial charge in [-0.05, 0) is 29.9 Å². The lowest BCUT2D eigenvalue weighted by Gasteiger charge is -2.23. The Balaban J connectivity index is 0.00000242. The van der Waals surface area contributed by atoms with Gasteiger partial charge >= 0.3 is 0 Å². The molecule has 3 N–H and O–H groups in total. The van der Waals surface area contributed by atoms with Crippen molar-refractivity contribution in [2.45, 2.75) is 58.4 Å². The van der Waals surface area contributed by atoms with Crippen LogP contribution in [0.3, 0.4) is 0 Å². The van der Waals surface area contributed by atoms with E-state index in [9.17, 15) is 4.79 Å². The van der Waals surface area contributed by atoms with E-state index in [2.05, 4.69) is 50.4 Å². The number of halogens is 1. The van der Waals surface area contributed by atoms with Crippen molar-refractivity contribution in [1.29, 1.82) is 0 Å². The average Bonchev–Trinajstić information content (AvgIpc) is 2.92. The first kappa shape index (κ1) is 19.0. The molecule has 1 aliphatic carbocycles. The summed E-state index contributed by atoms with van der Waals surface area (Å²) in [6.45, 7) is 6.93. The molecule has 1 saturated carbocycles. The molecule has 1 aliphatic rings. The molecule has 1 fully saturated rings. The number of amides is 1. The quantitative estimate of drug-likeness (QED) is 0.862. The van der Waals surface area contributed by atoms with Gasteiger partial charge in [-0.25, -0.2) is 0 Å². The molecule has 3 nitrogen and oxygen atoms in total. The van der Waals surface area contributed by atoms with E-state index in [1.165, 1.54) is 5.56 Å². The highest BCUT2D eigenvalue weighted by atomic mass is 35.5. The first-order valence-corrected chi connectivity index (χ1v) is 8.06. The van der Waals surface area contributed by atoms with Crippen LogP contribution < -0.4 is 11.1 Å². The van der Waals surface area contributed by atoms with Crippen LogP contribution in [-0.4, -0.2) is 12.5 Å². The molecule has 0 saturated heterocycles. The van der Waals surface area contributed by atoms with Crippen molar-refractivity contribution in [1.82, 2.24) is 5.32 Å². The fourth-order valence-electron chi connectivity index (χ4n) is 3.04. The Kier molecular flexibility index (Phi) is 6.89. The number of carbonyl (C=O) groups excluding carboxylic acids is 1. The lowest BCUT2D eigenvalue weighted by molar-refractivity contribution is -0.129. The molecule has 1 unspecified atom stereocenters. The first-order chi connectivity index (χ1) is 9.92. The van der Waals surface area contributed by atoms with E-state index in [0.717, 1.165) is 31.2 Å². The number of hydrogen-bond donors (Lipinski definition) is 2. The summed E-state index contributed by atoms with van der Waals surface area (Å²) >= 11 is 0. The summed E-state index contributed by atoms with van der Waals surface area (Å²) in [5.74, 6) is 0.687. The molecule has 22 heavy (non-hydrogen) atoms. The zero-order valence-electron chi connectivity index (χ0n) is 13.9. The van der Waals surface area contributed by atoms with Crippen molar-refractivity contribution in [3.8, 4) is 0 Å². The molecule has 1 aromatic rings. The van der Waals surface area contributed by atoms with Gasteiger partial charge < -0.3 is 11.1 Å². The second-order valence-corrected chi connectivity index (χ2v) is 6.91. The van der Waals surface area contributed by atoms with Gasteiger partial charge in [0.25, 0.3) is 0 Å². The monoisotopic (exact) mass is 324 g/mol. The Bertz CT molecular complexity index is 478. The summed E-state index contributed by atoms with van der Waals surface area (Å²) in [7, 11) is 0. The van der Waals surface area contributed by atoms with Crippen LogP contribution >= 0.6 is 12.4 Å². The fraction of sp³-hybridized carbons (Fsp3) is 0.611. The molecule has 1 atom stereocenters. The van der Waals surface area contributed by atoms with E-state index in [-0.39, 0.29) is 29.8 Å². The van der Waals surface area contributed by atoms with Crippen LogP contribution in [0, 0.1) is 5.41 Å². The van der Waals surface area contributed by atoms with Gasteiger partial charge in [-0.15, -0.1) is 12.4 Å². The van der Waals surface area contributed by atoms with Crippen molar-refractivity contribution < 1.29 is 4.79 Å². The molecule has 0 bridgehead atoms. The largest absolute Gasteiger partial charge is 0.354 e. The predicted molar refractivity (Wildman–Crippen MR) is 94.3 cm³/mol. The average molecular weight is 325 g/mol. The van der Waals surface area contributed by atoms with Crippen LogP contribution in [0.2, 0.25) is 0 Å². The normalized spacial score (nSPS) is 17.9. The first-order valence-electron chi connectivity index (χ1n) is 8.06. The molecular weight excluding hydrogens is 296 g/mol. The maximum absolute atomic E-state index is 12.3.